The number of alkyl halides is 1. The van der Waals surface area contributed by atoms with Crippen LogP contribution in [0.1, 0.15) is 6.99 Å². The van der Waals surface area contributed by atoms with Gasteiger partial charge in [0.2, 0.25) is 0 Å². The number of aromatic nitrogens is 1. The first-order chi connectivity index (χ1) is 4.43. The van der Waals surface area contributed by atoms with Crippen LogP contribution in [0, 0.1) is 0 Å². The highest BCUT2D eigenvalue weighted by atomic mass is 79.9. The standard InChI is InChI=1S/C7H8BrN.BrH/c8-4-3-7-2-1-5-9-6-7;/h1-2,5-6H,3-4H2;1H. The zero-order valence-corrected chi connectivity index (χ0v) is 8.60. The number of hydrogen-bond donors (Lipinski definition) is 0. The van der Waals surface area contributed by atoms with Crippen molar-refractivity contribution < 1.29 is 18.4 Å². The molecule has 0 bridgehead atoms. The van der Waals surface area contributed by atoms with Gasteiger partial charge >= 0.3 is 1.43 Å². The van der Waals surface area contributed by atoms with Crippen molar-refractivity contribution in [2.75, 3.05) is 5.33 Å². The van der Waals surface area contributed by atoms with E-state index in [2.05, 4.69) is 27.0 Å². The Morgan fingerprint density at radius 2 is 2.40 bits per heavy atom. The van der Waals surface area contributed by atoms with Gasteiger partial charge in [-0.05, 0) is 18.1 Å². The minimum Gasteiger partial charge on any atom is -1.00 e. The molecule has 1 nitrogen and oxygen atoms in total. The number of halogens is 2. The minimum atomic E-state index is 0. The van der Waals surface area contributed by atoms with Crippen LogP contribution in [0.2, 0.25) is 0 Å². The molecule has 1 rings (SSSR count). The molecule has 0 N–H and O–H groups in total. The normalized spacial score (nSPS) is 8.50. The number of aryl methyl sites for hydroxylation is 1. The van der Waals surface area contributed by atoms with Crippen LogP contribution in [0.3, 0.4) is 0 Å². The van der Waals surface area contributed by atoms with E-state index in [0.717, 1.165) is 11.8 Å². The number of hydrogen-bond acceptors (Lipinski definition) is 1. The molecule has 0 aliphatic rings. The maximum Gasteiger partial charge on any atom is 1.00 e. The van der Waals surface area contributed by atoms with Crippen LogP contribution in [0.5, 0.6) is 0 Å². The van der Waals surface area contributed by atoms with Crippen molar-refractivity contribution in [3.05, 3.63) is 30.1 Å². The summed E-state index contributed by atoms with van der Waals surface area (Å²) in [5.41, 5.74) is 1.29. The third-order valence-corrected chi connectivity index (χ3v) is 1.50. The van der Waals surface area contributed by atoms with Crippen LogP contribution in [0.15, 0.2) is 24.5 Å². The number of nitrogens with zero attached hydrogens (tertiary/aromatic N) is 1. The molecule has 10 heavy (non-hydrogen) atoms. The van der Waals surface area contributed by atoms with Gasteiger partial charge in [0.15, 0.2) is 0 Å². The summed E-state index contributed by atoms with van der Waals surface area (Å²) in [6.45, 7) is 0. The molecule has 0 spiro atoms. The summed E-state index contributed by atoms with van der Waals surface area (Å²) in [6.07, 6.45) is 4.74. The molecule has 0 saturated heterocycles. The molecule has 0 fully saturated rings. The Morgan fingerprint density at radius 3 is 2.90 bits per heavy atom. The molecule has 0 aliphatic carbocycles. The maximum absolute atomic E-state index is 3.98. The van der Waals surface area contributed by atoms with Gasteiger partial charge in [-0.2, -0.15) is 0 Å². The van der Waals surface area contributed by atoms with Gasteiger partial charge in [0.1, 0.15) is 0 Å². The molecule has 1 aromatic rings. The van der Waals surface area contributed by atoms with Crippen molar-refractivity contribution >= 4 is 15.9 Å². The summed E-state index contributed by atoms with van der Waals surface area (Å²) < 4.78 is 0. The first kappa shape index (κ1) is 10.1. The number of rotatable bonds is 2. The highest BCUT2D eigenvalue weighted by Gasteiger charge is 1.86. The van der Waals surface area contributed by atoms with Crippen LogP contribution >= 0.6 is 15.9 Å². The molecule has 0 unspecified atom stereocenters. The van der Waals surface area contributed by atoms with Crippen molar-refractivity contribution in [3.8, 4) is 0 Å². The molecule has 0 atom stereocenters. The van der Waals surface area contributed by atoms with Gasteiger partial charge in [0.05, 0.1) is 0 Å². The monoisotopic (exact) mass is 265 g/mol. The zero-order valence-electron chi connectivity index (χ0n) is 6.43. The van der Waals surface area contributed by atoms with E-state index in [1.807, 2.05) is 12.3 Å². The summed E-state index contributed by atoms with van der Waals surface area (Å²) in [5, 5.41) is 1.01. The van der Waals surface area contributed by atoms with Gasteiger partial charge in [-0.15, -0.1) is 0 Å². The summed E-state index contributed by atoms with van der Waals surface area (Å²) in [5.74, 6) is 0. The fraction of sp³-hybridized carbons (Fsp3) is 0.286. The Morgan fingerprint density at radius 1 is 1.60 bits per heavy atom. The van der Waals surface area contributed by atoms with E-state index in [0.29, 0.717) is 0 Å². The second-order valence-corrected chi connectivity index (χ2v) is 2.59. The first-order valence-electron chi connectivity index (χ1n) is 2.88. The topological polar surface area (TPSA) is 12.9 Å². The lowest BCUT2D eigenvalue weighted by Crippen LogP contribution is -3.00. The molecule has 0 radical (unpaired) electrons. The van der Waals surface area contributed by atoms with Gasteiger partial charge in [0.25, 0.3) is 0 Å². The summed E-state index contributed by atoms with van der Waals surface area (Å²) in [6, 6.07) is 4.03. The quantitative estimate of drug-likeness (QED) is 0.635. The molecule has 0 amide bonds. The largest absolute Gasteiger partial charge is 1.00 e. The molecule has 0 aromatic carbocycles. The summed E-state index contributed by atoms with van der Waals surface area (Å²) in [7, 11) is 0. The Hall–Kier alpha value is 0.110. The molecule has 3 heteroatoms. The first-order valence-corrected chi connectivity index (χ1v) is 4.00. The van der Waals surface area contributed by atoms with Crippen LogP contribution < -0.4 is 17.0 Å². The fourth-order valence-corrected chi connectivity index (χ4v) is 1.11. The lowest BCUT2D eigenvalue weighted by molar-refractivity contribution is -0.00000180. The minimum absolute atomic E-state index is 0. The average Bonchev–Trinajstić information content (AvgIpc) is 1.91. The molecule has 0 aliphatic heterocycles. The number of pyridine rings is 1. The predicted molar refractivity (Wildman–Crippen MR) is 42.8 cm³/mol. The van der Waals surface area contributed by atoms with Crippen LogP contribution in [-0.4, -0.2) is 10.3 Å². The van der Waals surface area contributed by atoms with Crippen LogP contribution in [0.25, 0.3) is 0 Å². The summed E-state index contributed by atoms with van der Waals surface area (Å²) in [4.78, 5) is 3.98. The second kappa shape index (κ2) is 5.86. The van der Waals surface area contributed by atoms with Gasteiger partial charge in [0, 0.05) is 17.7 Å². The Balaban J connectivity index is 0. The van der Waals surface area contributed by atoms with Crippen molar-refractivity contribution in [2.45, 2.75) is 6.42 Å². The molecule has 1 aromatic heterocycles. The lowest BCUT2D eigenvalue weighted by atomic mass is 10.2. The van der Waals surface area contributed by atoms with Crippen molar-refractivity contribution in [1.29, 1.82) is 0 Å². The predicted octanol–water partition coefficient (Wildman–Crippen LogP) is -0.865. The third-order valence-electron chi connectivity index (χ3n) is 1.11. The highest BCUT2D eigenvalue weighted by molar-refractivity contribution is 9.09. The SMILES string of the molecule is BrCCc1cccnc1.[Br-].[H+]. The molecule has 56 valence electrons. The van der Waals surface area contributed by atoms with E-state index < -0.39 is 0 Å². The Bertz CT molecular complexity index is 169. The average molecular weight is 267 g/mol. The highest BCUT2D eigenvalue weighted by Crippen LogP contribution is 1.98. The molecule has 0 saturated carbocycles. The smallest absolute Gasteiger partial charge is 1.00 e. The lowest BCUT2D eigenvalue weighted by Gasteiger charge is -1.92. The zero-order chi connectivity index (χ0) is 6.53. The van der Waals surface area contributed by atoms with E-state index in [9.17, 15) is 0 Å². The van der Waals surface area contributed by atoms with E-state index in [-0.39, 0.29) is 18.4 Å². The second-order valence-electron chi connectivity index (χ2n) is 1.80. The molecule has 1 heterocycles. The molecular formula is C7H9Br2N. The van der Waals surface area contributed by atoms with E-state index in [4.69, 9.17) is 0 Å². The van der Waals surface area contributed by atoms with Crippen molar-refractivity contribution in [2.24, 2.45) is 0 Å². The van der Waals surface area contributed by atoms with Gasteiger partial charge < -0.3 is 17.0 Å². The van der Waals surface area contributed by atoms with Gasteiger partial charge in [-0.25, -0.2) is 0 Å². The molecular weight excluding hydrogens is 258 g/mol. The van der Waals surface area contributed by atoms with Crippen molar-refractivity contribution in [3.63, 3.8) is 0 Å². The van der Waals surface area contributed by atoms with Gasteiger partial charge in [-0.3, -0.25) is 4.98 Å². The maximum atomic E-state index is 3.98. The van der Waals surface area contributed by atoms with Crippen LogP contribution in [0.4, 0.5) is 0 Å². The Labute approximate surface area is 81.2 Å². The van der Waals surface area contributed by atoms with E-state index >= 15 is 0 Å². The van der Waals surface area contributed by atoms with Crippen LogP contribution in [-0.2, 0) is 6.42 Å². The van der Waals surface area contributed by atoms with Gasteiger partial charge in [-0.1, -0.05) is 22.0 Å². The van der Waals surface area contributed by atoms with E-state index in [1.54, 1.807) is 6.20 Å². The summed E-state index contributed by atoms with van der Waals surface area (Å²) >= 11 is 3.36. The van der Waals surface area contributed by atoms with Crippen molar-refractivity contribution in [1.82, 2.24) is 4.98 Å². The fourth-order valence-electron chi connectivity index (χ4n) is 0.655. The third kappa shape index (κ3) is 3.32. The Kier molecular flexibility index (Phi) is 5.93. The van der Waals surface area contributed by atoms with E-state index in [1.165, 1.54) is 5.56 Å².